The maximum atomic E-state index is 13.6. The lowest BCUT2D eigenvalue weighted by molar-refractivity contribution is 0.107. The van der Waals surface area contributed by atoms with E-state index in [0.717, 1.165) is 18.2 Å². The van der Waals surface area contributed by atoms with E-state index >= 15 is 0 Å². The number of ether oxygens (including phenoxy) is 2. The van der Waals surface area contributed by atoms with Gasteiger partial charge in [0.2, 0.25) is 0 Å². The third kappa shape index (κ3) is 4.59. The van der Waals surface area contributed by atoms with Gasteiger partial charge < -0.3 is 14.8 Å². The van der Waals surface area contributed by atoms with Crippen LogP contribution < -0.4 is 5.32 Å². The maximum Gasteiger partial charge on any atom is 0.159 e. The van der Waals surface area contributed by atoms with Gasteiger partial charge in [0.1, 0.15) is 17.7 Å². The number of aromatic nitrogens is 2. The fourth-order valence-electron chi connectivity index (χ4n) is 3.07. The van der Waals surface area contributed by atoms with Gasteiger partial charge in [0.05, 0.1) is 18.3 Å². The first-order chi connectivity index (χ1) is 12.8. The van der Waals surface area contributed by atoms with Crippen LogP contribution in [0.5, 0.6) is 0 Å². The third-order valence-electron chi connectivity index (χ3n) is 4.44. The van der Waals surface area contributed by atoms with E-state index in [9.17, 15) is 8.78 Å². The Morgan fingerprint density at radius 1 is 1.19 bits per heavy atom. The van der Waals surface area contributed by atoms with Crippen molar-refractivity contribution >= 4 is 5.82 Å². The highest BCUT2D eigenvalue weighted by atomic mass is 19.2. The smallest absolute Gasteiger partial charge is 0.159 e. The molecule has 7 heteroatoms. The van der Waals surface area contributed by atoms with E-state index in [1.54, 1.807) is 13.2 Å². The average Bonchev–Trinajstić information content (AvgIpc) is 3.05. The van der Waals surface area contributed by atoms with Gasteiger partial charge in [-0.15, -0.1) is 0 Å². The lowest BCUT2D eigenvalue weighted by Crippen LogP contribution is -2.26. The highest BCUT2D eigenvalue weighted by Gasteiger charge is 2.31. The number of methoxy groups -OCH3 is 1. The first-order valence-corrected chi connectivity index (χ1v) is 8.98. The molecule has 5 nitrogen and oxygen atoms in total. The van der Waals surface area contributed by atoms with E-state index in [1.165, 1.54) is 6.07 Å². The van der Waals surface area contributed by atoms with Crippen molar-refractivity contribution in [3.05, 3.63) is 53.0 Å². The Hall–Kier alpha value is -2.12. The molecule has 1 aromatic heterocycles. The van der Waals surface area contributed by atoms with Crippen LogP contribution in [-0.2, 0) is 21.5 Å². The van der Waals surface area contributed by atoms with Gasteiger partial charge in [-0.05, 0) is 24.1 Å². The van der Waals surface area contributed by atoms with Crippen LogP contribution in [0, 0.1) is 11.6 Å². The Labute approximate surface area is 158 Å². The van der Waals surface area contributed by atoms with E-state index in [0.29, 0.717) is 30.4 Å². The Balaban J connectivity index is 1.86. The van der Waals surface area contributed by atoms with Gasteiger partial charge in [-0.1, -0.05) is 26.8 Å². The van der Waals surface area contributed by atoms with E-state index < -0.39 is 11.6 Å². The second-order valence-corrected chi connectivity index (χ2v) is 7.76. The number of halogens is 2. The molecule has 0 aliphatic carbocycles. The number of nitrogens with one attached hydrogen (secondary N) is 1. The minimum atomic E-state index is -0.874. The van der Waals surface area contributed by atoms with Crippen molar-refractivity contribution in [2.45, 2.75) is 51.4 Å². The summed E-state index contributed by atoms with van der Waals surface area (Å²) in [6.07, 6.45) is 0.358. The summed E-state index contributed by atoms with van der Waals surface area (Å²) >= 11 is 0. The predicted octanol–water partition coefficient (Wildman–Crippen LogP) is 4.14. The number of anilines is 1. The zero-order chi connectivity index (χ0) is 19.6. The summed E-state index contributed by atoms with van der Waals surface area (Å²) < 4.78 is 37.9. The van der Waals surface area contributed by atoms with Gasteiger partial charge >= 0.3 is 0 Å². The second kappa shape index (κ2) is 7.86. The Morgan fingerprint density at radius 2 is 1.96 bits per heavy atom. The third-order valence-corrected chi connectivity index (χ3v) is 4.44. The highest BCUT2D eigenvalue weighted by Crippen LogP contribution is 2.32. The first-order valence-electron chi connectivity index (χ1n) is 8.98. The molecule has 1 aromatic carbocycles. The van der Waals surface area contributed by atoms with Crippen LogP contribution in [0.25, 0.3) is 0 Å². The van der Waals surface area contributed by atoms with Crippen LogP contribution in [0.15, 0.2) is 24.3 Å². The lowest BCUT2D eigenvalue weighted by atomic mass is 9.95. The first kappa shape index (κ1) is 19.6. The topological polar surface area (TPSA) is 56.3 Å². The number of hydrogen-bond acceptors (Lipinski definition) is 5. The normalized spacial score (nSPS) is 20.1. The van der Waals surface area contributed by atoms with Crippen LogP contribution in [-0.4, -0.2) is 29.7 Å². The Bertz CT molecular complexity index is 808. The van der Waals surface area contributed by atoms with Crippen LogP contribution in [0.4, 0.5) is 14.6 Å². The van der Waals surface area contributed by atoms with Gasteiger partial charge in [0, 0.05) is 25.2 Å². The molecule has 1 aliphatic heterocycles. The molecule has 0 bridgehead atoms. The summed E-state index contributed by atoms with van der Waals surface area (Å²) in [6, 6.07) is 5.62. The molecule has 0 amide bonds. The standard InChI is InChI=1S/C20H25F2N3O2/c1-20(2,3)19-23-13(11-26-4)10-17(25-19)24-16-7-8-27-18(16)12-5-6-14(21)15(22)9-12/h5-6,9-10,16,18H,7-8,11H2,1-4H3,(H,23,24,25). The minimum Gasteiger partial charge on any atom is -0.378 e. The molecule has 2 unspecified atom stereocenters. The second-order valence-electron chi connectivity index (χ2n) is 7.76. The Morgan fingerprint density at radius 3 is 2.63 bits per heavy atom. The SMILES string of the molecule is COCc1cc(NC2CCOC2c2ccc(F)c(F)c2)nc(C(C)(C)C)n1. The van der Waals surface area contributed by atoms with Crippen molar-refractivity contribution in [1.82, 2.24) is 9.97 Å². The number of rotatable bonds is 5. The summed E-state index contributed by atoms with van der Waals surface area (Å²) in [5, 5.41) is 3.39. The molecule has 1 fully saturated rings. The van der Waals surface area contributed by atoms with Crippen LogP contribution in [0.2, 0.25) is 0 Å². The summed E-state index contributed by atoms with van der Waals surface area (Å²) in [4.78, 5) is 9.21. The molecule has 1 N–H and O–H groups in total. The van der Waals surface area contributed by atoms with Crippen LogP contribution >= 0.6 is 0 Å². The van der Waals surface area contributed by atoms with Crippen LogP contribution in [0.3, 0.4) is 0 Å². The van der Waals surface area contributed by atoms with E-state index in [-0.39, 0.29) is 17.6 Å². The quantitative estimate of drug-likeness (QED) is 0.849. The molecule has 3 rings (SSSR count). The minimum absolute atomic E-state index is 0.104. The molecular formula is C20H25F2N3O2. The fraction of sp³-hybridized carbons (Fsp3) is 0.500. The molecule has 0 spiro atoms. The van der Waals surface area contributed by atoms with Crippen molar-refractivity contribution in [1.29, 1.82) is 0 Å². The highest BCUT2D eigenvalue weighted by molar-refractivity contribution is 5.40. The molecule has 146 valence electrons. The number of nitrogens with zero attached hydrogens (tertiary/aromatic N) is 2. The lowest BCUT2D eigenvalue weighted by Gasteiger charge is -2.23. The van der Waals surface area contributed by atoms with Crippen LogP contribution in [0.1, 0.15) is 50.4 Å². The van der Waals surface area contributed by atoms with Gasteiger partial charge in [0.15, 0.2) is 11.6 Å². The fourth-order valence-corrected chi connectivity index (χ4v) is 3.07. The van der Waals surface area contributed by atoms with Gasteiger partial charge in [-0.3, -0.25) is 0 Å². The molecule has 27 heavy (non-hydrogen) atoms. The Kier molecular flexibility index (Phi) is 5.72. The van der Waals surface area contributed by atoms with Gasteiger partial charge in [0.25, 0.3) is 0 Å². The summed E-state index contributed by atoms with van der Waals surface area (Å²) in [5.74, 6) is -0.356. The molecule has 0 radical (unpaired) electrons. The maximum absolute atomic E-state index is 13.6. The molecule has 2 heterocycles. The zero-order valence-corrected chi connectivity index (χ0v) is 16.1. The van der Waals surface area contributed by atoms with E-state index in [1.807, 2.05) is 26.8 Å². The van der Waals surface area contributed by atoms with Gasteiger partial charge in [-0.2, -0.15) is 0 Å². The molecule has 2 atom stereocenters. The van der Waals surface area contributed by atoms with Crippen molar-refractivity contribution in [2.24, 2.45) is 0 Å². The van der Waals surface area contributed by atoms with Crippen molar-refractivity contribution in [3.63, 3.8) is 0 Å². The predicted molar refractivity (Wildman–Crippen MR) is 98.5 cm³/mol. The largest absolute Gasteiger partial charge is 0.378 e. The van der Waals surface area contributed by atoms with E-state index in [4.69, 9.17) is 9.47 Å². The number of hydrogen-bond donors (Lipinski definition) is 1. The molecular weight excluding hydrogens is 352 g/mol. The summed E-state index contributed by atoms with van der Waals surface area (Å²) in [7, 11) is 1.62. The number of benzene rings is 1. The summed E-state index contributed by atoms with van der Waals surface area (Å²) in [5.41, 5.74) is 1.17. The van der Waals surface area contributed by atoms with Crippen molar-refractivity contribution in [3.8, 4) is 0 Å². The summed E-state index contributed by atoms with van der Waals surface area (Å²) in [6.45, 7) is 7.06. The van der Waals surface area contributed by atoms with Crippen molar-refractivity contribution < 1.29 is 18.3 Å². The van der Waals surface area contributed by atoms with E-state index in [2.05, 4.69) is 15.3 Å². The molecule has 1 saturated heterocycles. The van der Waals surface area contributed by atoms with Crippen molar-refractivity contribution in [2.75, 3.05) is 19.0 Å². The average molecular weight is 377 g/mol. The zero-order valence-electron chi connectivity index (χ0n) is 16.1. The van der Waals surface area contributed by atoms with Gasteiger partial charge in [-0.25, -0.2) is 18.7 Å². The molecule has 1 aliphatic rings. The molecule has 0 saturated carbocycles. The monoisotopic (exact) mass is 377 g/mol. The molecule has 2 aromatic rings.